The van der Waals surface area contributed by atoms with Crippen molar-refractivity contribution in [3.8, 4) is 5.75 Å². The van der Waals surface area contributed by atoms with Crippen LogP contribution in [0, 0.1) is 6.92 Å². The summed E-state index contributed by atoms with van der Waals surface area (Å²) in [7, 11) is -1.61. The van der Waals surface area contributed by atoms with Crippen LogP contribution in [0.25, 0.3) is 0 Å². The van der Waals surface area contributed by atoms with Crippen LogP contribution in [0.5, 0.6) is 5.75 Å². The number of methoxy groups -OCH3 is 1. The number of piperazine rings is 1. The molecule has 2 saturated heterocycles. The average Bonchev–Trinajstić information content (AvgIpc) is 2.92. The Hall–Kier alpha value is -1.15. The molecule has 3 rings (SSSR count). The Morgan fingerprint density at radius 2 is 1.54 bits per heavy atom. The molecule has 26 heavy (non-hydrogen) atoms. The molecule has 0 aliphatic carbocycles. The number of nitrogens with zero attached hydrogens (tertiary/aromatic N) is 3. The molecule has 0 amide bonds. The normalized spacial score (nSPS) is 21.5. The third-order valence-corrected chi connectivity index (χ3v) is 7.41. The molecule has 7 heteroatoms. The lowest BCUT2D eigenvalue weighted by molar-refractivity contribution is 0.173. The standard InChI is InChI=1S/C19H31N3O3S/c1-17-7-8-19(25-2)18(15-17)16-20-11-13-22(14-12-20)26(23,24)21-9-5-3-4-6-10-21/h7-8,15H,3-6,9-14,16H2,1-2H3. The van der Waals surface area contributed by atoms with Crippen LogP contribution in [0.3, 0.4) is 0 Å². The molecule has 2 fully saturated rings. The molecule has 2 heterocycles. The summed E-state index contributed by atoms with van der Waals surface area (Å²) in [5.74, 6) is 0.898. The van der Waals surface area contributed by atoms with Crippen molar-refractivity contribution in [2.75, 3.05) is 46.4 Å². The average molecular weight is 382 g/mol. The highest BCUT2D eigenvalue weighted by Crippen LogP contribution is 2.23. The smallest absolute Gasteiger partial charge is 0.282 e. The van der Waals surface area contributed by atoms with E-state index in [0.717, 1.165) is 56.6 Å². The molecule has 2 aliphatic heterocycles. The van der Waals surface area contributed by atoms with Crippen LogP contribution in [0.15, 0.2) is 18.2 Å². The highest BCUT2D eigenvalue weighted by molar-refractivity contribution is 7.86. The van der Waals surface area contributed by atoms with Crippen molar-refractivity contribution < 1.29 is 13.2 Å². The molecule has 1 aromatic carbocycles. The van der Waals surface area contributed by atoms with E-state index in [0.29, 0.717) is 26.2 Å². The molecular weight excluding hydrogens is 350 g/mol. The monoisotopic (exact) mass is 381 g/mol. The SMILES string of the molecule is COc1ccc(C)cc1CN1CCN(S(=O)(=O)N2CCCCCC2)CC1. The van der Waals surface area contributed by atoms with Crippen LogP contribution in [-0.4, -0.2) is 68.3 Å². The van der Waals surface area contributed by atoms with E-state index in [1.54, 1.807) is 15.7 Å². The van der Waals surface area contributed by atoms with Crippen LogP contribution in [-0.2, 0) is 16.8 Å². The second kappa shape index (κ2) is 8.69. The number of rotatable bonds is 5. The molecule has 0 radical (unpaired) electrons. The number of hydrogen-bond donors (Lipinski definition) is 0. The van der Waals surface area contributed by atoms with Crippen LogP contribution in [0.1, 0.15) is 36.8 Å². The predicted molar refractivity (Wildman–Crippen MR) is 104 cm³/mol. The highest BCUT2D eigenvalue weighted by atomic mass is 32.2. The Morgan fingerprint density at radius 1 is 0.923 bits per heavy atom. The molecule has 0 atom stereocenters. The summed E-state index contributed by atoms with van der Waals surface area (Å²) < 4.78 is 34.7. The van der Waals surface area contributed by atoms with Gasteiger partial charge < -0.3 is 4.74 Å². The molecule has 0 unspecified atom stereocenters. The molecule has 0 saturated carbocycles. The molecule has 146 valence electrons. The summed E-state index contributed by atoms with van der Waals surface area (Å²) >= 11 is 0. The first kappa shape index (κ1) is 19.6. The number of benzene rings is 1. The van der Waals surface area contributed by atoms with E-state index in [2.05, 4.69) is 17.9 Å². The Bertz CT molecular complexity index is 692. The van der Waals surface area contributed by atoms with Gasteiger partial charge in [0, 0.05) is 51.4 Å². The summed E-state index contributed by atoms with van der Waals surface area (Å²) in [6.45, 7) is 6.84. The molecular formula is C19H31N3O3S. The highest BCUT2D eigenvalue weighted by Gasteiger charge is 2.32. The lowest BCUT2D eigenvalue weighted by Gasteiger charge is -2.36. The van der Waals surface area contributed by atoms with E-state index in [4.69, 9.17) is 4.74 Å². The first-order valence-corrected chi connectivity index (χ1v) is 11.0. The largest absolute Gasteiger partial charge is 0.496 e. The van der Waals surface area contributed by atoms with Crippen molar-refractivity contribution in [2.45, 2.75) is 39.2 Å². The number of aryl methyl sites for hydroxylation is 1. The first-order valence-electron chi connectivity index (χ1n) is 9.62. The van der Waals surface area contributed by atoms with Gasteiger partial charge in [-0.1, -0.05) is 30.5 Å². The van der Waals surface area contributed by atoms with Crippen LogP contribution in [0.4, 0.5) is 0 Å². The van der Waals surface area contributed by atoms with Gasteiger partial charge >= 0.3 is 0 Å². The molecule has 0 spiro atoms. The third kappa shape index (κ3) is 4.57. The molecule has 0 aromatic heterocycles. The van der Waals surface area contributed by atoms with Crippen molar-refractivity contribution in [1.29, 1.82) is 0 Å². The van der Waals surface area contributed by atoms with Gasteiger partial charge in [-0.25, -0.2) is 0 Å². The van der Waals surface area contributed by atoms with Crippen LogP contribution >= 0.6 is 0 Å². The van der Waals surface area contributed by atoms with Gasteiger partial charge in [-0.15, -0.1) is 0 Å². The van der Waals surface area contributed by atoms with E-state index >= 15 is 0 Å². The van der Waals surface area contributed by atoms with Crippen LogP contribution < -0.4 is 4.74 Å². The summed E-state index contributed by atoms with van der Waals surface area (Å²) in [5, 5.41) is 0. The summed E-state index contributed by atoms with van der Waals surface area (Å²) in [4.78, 5) is 2.31. The summed E-state index contributed by atoms with van der Waals surface area (Å²) in [6.07, 6.45) is 4.23. The zero-order chi connectivity index (χ0) is 18.6. The maximum Gasteiger partial charge on any atom is 0.282 e. The fraction of sp³-hybridized carbons (Fsp3) is 0.684. The van der Waals surface area contributed by atoms with Gasteiger partial charge in [0.25, 0.3) is 10.2 Å². The van der Waals surface area contributed by atoms with E-state index in [-0.39, 0.29) is 0 Å². The Morgan fingerprint density at radius 3 is 2.15 bits per heavy atom. The van der Waals surface area contributed by atoms with Crippen molar-refractivity contribution in [3.63, 3.8) is 0 Å². The van der Waals surface area contributed by atoms with Crippen molar-refractivity contribution in [1.82, 2.24) is 13.5 Å². The quantitative estimate of drug-likeness (QED) is 0.785. The van der Waals surface area contributed by atoms with Crippen molar-refractivity contribution >= 4 is 10.2 Å². The summed E-state index contributed by atoms with van der Waals surface area (Å²) in [5.41, 5.74) is 2.37. The van der Waals surface area contributed by atoms with E-state index in [1.165, 1.54) is 5.56 Å². The minimum absolute atomic E-state index is 0.562. The first-order chi connectivity index (χ1) is 12.5. The van der Waals surface area contributed by atoms with Gasteiger partial charge in [0.15, 0.2) is 0 Å². The van der Waals surface area contributed by atoms with Crippen molar-refractivity contribution in [2.24, 2.45) is 0 Å². The maximum atomic E-state index is 12.9. The number of hydrogen-bond acceptors (Lipinski definition) is 4. The second-order valence-corrected chi connectivity index (χ2v) is 9.24. The maximum absolute atomic E-state index is 12.9. The topological polar surface area (TPSA) is 53.1 Å². The third-order valence-electron chi connectivity index (χ3n) is 5.38. The van der Waals surface area contributed by atoms with Crippen molar-refractivity contribution in [3.05, 3.63) is 29.3 Å². The number of ether oxygens (including phenoxy) is 1. The molecule has 6 nitrogen and oxygen atoms in total. The summed E-state index contributed by atoms with van der Waals surface area (Å²) in [6, 6.07) is 6.21. The lowest BCUT2D eigenvalue weighted by atomic mass is 10.1. The van der Waals surface area contributed by atoms with Gasteiger partial charge in [0.05, 0.1) is 7.11 Å². The molecule has 1 aromatic rings. The Balaban J connectivity index is 1.59. The minimum Gasteiger partial charge on any atom is -0.496 e. The fourth-order valence-electron chi connectivity index (χ4n) is 3.83. The Labute approximate surface area is 157 Å². The predicted octanol–water partition coefficient (Wildman–Crippen LogP) is 2.24. The van der Waals surface area contributed by atoms with Crippen LogP contribution in [0.2, 0.25) is 0 Å². The van der Waals surface area contributed by atoms with Gasteiger partial charge in [0.2, 0.25) is 0 Å². The van der Waals surface area contributed by atoms with E-state index in [1.807, 2.05) is 12.1 Å². The van der Waals surface area contributed by atoms with Gasteiger partial charge in [-0.05, 0) is 25.8 Å². The van der Waals surface area contributed by atoms with E-state index < -0.39 is 10.2 Å². The zero-order valence-electron chi connectivity index (χ0n) is 16.0. The molecule has 0 N–H and O–H groups in total. The molecule has 2 aliphatic rings. The van der Waals surface area contributed by atoms with Gasteiger partial charge in [-0.2, -0.15) is 17.0 Å². The fourth-order valence-corrected chi connectivity index (χ4v) is 5.50. The van der Waals surface area contributed by atoms with Gasteiger partial charge in [-0.3, -0.25) is 4.90 Å². The minimum atomic E-state index is -3.31. The van der Waals surface area contributed by atoms with Gasteiger partial charge in [0.1, 0.15) is 5.75 Å². The van der Waals surface area contributed by atoms with E-state index in [9.17, 15) is 8.42 Å². The Kier molecular flexibility index (Phi) is 6.55. The lowest BCUT2D eigenvalue weighted by Crippen LogP contribution is -2.52. The molecule has 0 bridgehead atoms. The zero-order valence-corrected chi connectivity index (χ0v) is 16.8. The second-order valence-electron chi connectivity index (χ2n) is 7.31.